The number of rotatable bonds is 4. The average molecular weight is 313 g/mol. The second kappa shape index (κ2) is 5.98. The molecule has 1 heterocycles. The first-order chi connectivity index (χ1) is 9.49. The number of carboxylic acid groups (broad SMARTS) is 1. The topological polar surface area (TPSA) is 82.2 Å². The molecule has 0 saturated heterocycles. The lowest BCUT2D eigenvalue weighted by Gasteiger charge is -2.15. The molecule has 3 N–H and O–H groups in total. The zero-order chi connectivity index (χ0) is 14.7. The van der Waals surface area contributed by atoms with Crippen LogP contribution in [0.2, 0.25) is 10.0 Å². The molecule has 0 fully saturated rings. The molecule has 0 unspecified atom stereocenters. The van der Waals surface area contributed by atoms with Gasteiger partial charge >= 0.3 is 5.97 Å². The first kappa shape index (κ1) is 14.4. The summed E-state index contributed by atoms with van der Waals surface area (Å²) in [7, 11) is 0. The summed E-state index contributed by atoms with van der Waals surface area (Å²) >= 11 is 11.7. The van der Waals surface area contributed by atoms with Gasteiger partial charge in [0.15, 0.2) is 6.04 Å². The number of hydrogen-bond acceptors (Lipinski definition) is 2. The zero-order valence-electron chi connectivity index (χ0n) is 10.1. The number of carbonyl (C=O) groups excluding carboxylic acids is 1. The van der Waals surface area contributed by atoms with E-state index in [2.05, 4.69) is 10.3 Å². The second-order valence-electron chi connectivity index (χ2n) is 4.00. The molecule has 2 aromatic rings. The number of carboxylic acids is 1. The molecule has 0 saturated carbocycles. The number of hydrogen-bond donors (Lipinski definition) is 3. The van der Waals surface area contributed by atoms with Crippen molar-refractivity contribution in [2.24, 2.45) is 0 Å². The van der Waals surface area contributed by atoms with E-state index in [1.807, 2.05) is 0 Å². The van der Waals surface area contributed by atoms with E-state index >= 15 is 0 Å². The highest BCUT2D eigenvalue weighted by Crippen LogP contribution is 2.23. The molecule has 5 nitrogen and oxygen atoms in total. The van der Waals surface area contributed by atoms with Crippen LogP contribution in [0.5, 0.6) is 0 Å². The third-order valence-corrected chi connectivity index (χ3v) is 3.19. The minimum Gasteiger partial charge on any atom is -0.479 e. The number of benzene rings is 1. The summed E-state index contributed by atoms with van der Waals surface area (Å²) in [5.41, 5.74) is 0.487. The van der Waals surface area contributed by atoms with Crippen molar-refractivity contribution in [3.05, 3.63) is 57.8 Å². The van der Waals surface area contributed by atoms with Crippen LogP contribution in [-0.4, -0.2) is 22.0 Å². The number of aliphatic carboxylic acids is 1. The van der Waals surface area contributed by atoms with Gasteiger partial charge in [0.05, 0.1) is 5.02 Å². The smallest absolute Gasteiger partial charge is 0.330 e. The molecule has 1 atom stereocenters. The molecule has 104 valence electrons. The Morgan fingerprint density at radius 1 is 1.25 bits per heavy atom. The predicted molar refractivity (Wildman–Crippen MR) is 75.1 cm³/mol. The van der Waals surface area contributed by atoms with Crippen LogP contribution in [-0.2, 0) is 4.79 Å². The summed E-state index contributed by atoms with van der Waals surface area (Å²) in [6, 6.07) is 6.60. The third-order valence-electron chi connectivity index (χ3n) is 2.63. The molecule has 7 heteroatoms. The number of aromatic amines is 1. The van der Waals surface area contributed by atoms with Crippen LogP contribution in [0.1, 0.15) is 22.1 Å². The maximum Gasteiger partial charge on any atom is 0.330 e. The van der Waals surface area contributed by atoms with Crippen molar-refractivity contribution < 1.29 is 14.7 Å². The van der Waals surface area contributed by atoms with Gasteiger partial charge in [0, 0.05) is 16.8 Å². The highest BCUT2D eigenvalue weighted by molar-refractivity contribution is 6.31. The van der Waals surface area contributed by atoms with Gasteiger partial charge in [0.25, 0.3) is 5.91 Å². The SMILES string of the molecule is O=C(N[C@@H](C(=O)O)c1ccccc1Cl)c1cc(Cl)c[nH]1. The van der Waals surface area contributed by atoms with Crippen LogP contribution >= 0.6 is 23.2 Å². The standard InChI is InChI=1S/C13H10Cl2N2O3/c14-7-5-10(16-6-7)12(18)17-11(13(19)20)8-3-1-2-4-9(8)15/h1-6,11,16H,(H,17,18)(H,19,20)/t11-/m1/s1. The summed E-state index contributed by atoms with van der Waals surface area (Å²) in [6.45, 7) is 0. The minimum atomic E-state index is -1.24. The van der Waals surface area contributed by atoms with Crippen LogP contribution in [0.15, 0.2) is 36.5 Å². The molecule has 0 aliphatic rings. The summed E-state index contributed by atoms with van der Waals surface area (Å²) in [5, 5.41) is 12.3. The van der Waals surface area contributed by atoms with Crippen molar-refractivity contribution in [2.75, 3.05) is 0 Å². The van der Waals surface area contributed by atoms with Gasteiger partial charge in [-0.15, -0.1) is 0 Å². The molecule has 0 aliphatic heterocycles. The van der Waals surface area contributed by atoms with Crippen molar-refractivity contribution >= 4 is 35.1 Å². The summed E-state index contributed by atoms with van der Waals surface area (Å²) < 4.78 is 0. The van der Waals surface area contributed by atoms with E-state index in [1.165, 1.54) is 12.3 Å². The molecule has 0 radical (unpaired) electrons. The molecule has 0 bridgehead atoms. The Bertz CT molecular complexity index is 655. The van der Waals surface area contributed by atoms with Crippen molar-refractivity contribution in [3.63, 3.8) is 0 Å². The monoisotopic (exact) mass is 312 g/mol. The summed E-state index contributed by atoms with van der Waals surface area (Å²) in [6.07, 6.45) is 1.43. The van der Waals surface area contributed by atoms with Crippen molar-refractivity contribution in [3.8, 4) is 0 Å². The normalized spacial score (nSPS) is 11.9. The van der Waals surface area contributed by atoms with Gasteiger partial charge in [-0.1, -0.05) is 41.4 Å². The van der Waals surface area contributed by atoms with Crippen molar-refractivity contribution in [1.29, 1.82) is 0 Å². The number of nitrogens with one attached hydrogen (secondary N) is 2. The van der Waals surface area contributed by atoms with Crippen molar-refractivity contribution in [1.82, 2.24) is 10.3 Å². The summed E-state index contributed by atoms with van der Waals surface area (Å²) in [4.78, 5) is 25.9. The zero-order valence-corrected chi connectivity index (χ0v) is 11.6. The third kappa shape index (κ3) is 3.12. The van der Waals surface area contributed by atoms with Crippen molar-refractivity contribution in [2.45, 2.75) is 6.04 Å². The molecule has 1 aromatic heterocycles. The highest BCUT2D eigenvalue weighted by Gasteiger charge is 2.25. The van der Waals surface area contributed by atoms with Gasteiger partial charge < -0.3 is 15.4 Å². The minimum absolute atomic E-state index is 0.174. The van der Waals surface area contributed by atoms with E-state index in [-0.39, 0.29) is 10.7 Å². The number of carbonyl (C=O) groups is 2. The molecule has 1 amide bonds. The first-order valence-electron chi connectivity index (χ1n) is 5.61. The predicted octanol–water partition coefficient (Wildman–Crippen LogP) is 2.88. The lowest BCUT2D eigenvalue weighted by Crippen LogP contribution is -2.34. The van der Waals surface area contributed by atoms with Crippen LogP contribution < -0.4 is 5.32 Å². The van der Waals surface area contributed by atoms with Crippen LogP contribution in [0.3, 0.4) is 0 Å². The second-order valence-corrected chi connectivity index (χ2v) is 4.84. The van der Waals surface area contributed by atoms with E-state index in [9.17, 15) is 14.7 Å². The number of aromatic nitrogens is 1. The van der Waals surface area contributed by atoms with E-state index in [1.54, 1.807) is 24.3 Å². The Balaban J connectivity index is 2.25. The maximum absolute atomic E-state index is 12.0. The van der Waals surface area contributed by atoms with E-state index in [0.717, 1.165) is 0 Å². The fraction of sp³-hybridized carbons (Fsp3) is 0.0769. The van der Waals surface area contributed by atoms with Gasteiger partial charge in [-0.2, -0.15) is 0 Å². The van der Waals surface area contributed by atoms with E-state index in [4.69, 9.17) is 23.2 Å². The van der Waals surface area contributed by atoms with Gasteiger partial charge in [-0.3, -0.25) is 4.79 Å². The van der Waals surface area contributed by atoms with Crippen LogP contribution in [0.4, 0.5) is 0 Å². The highest BCUT2D eigenvalue weighted by atomic mass is 35.5. The fourth-order valence-electron chi connectivity index (χ4n) is 1.69. The van der Waals surface area contributed by atoms with E-state index in [0.29, 0.717) is 10.6 Å². The molecule has 0 aliphatic carbocycles. The number of H-pyrrole nitrogens is 1. The van der Waals surface area contributed by atoms with Gasteiger partial charge in [0.2, 0.25) is 0 Å². The van der Waals surface area contributed by atoms with Gasteiger partial charge in [0.1, 0.15) is 5.69 Å². The first-order valence-corrected chi connectivity index (χ1v) is 6.36. The lowest BCUT2D eigenvalue weighted by molar-refractivity contribution is -0.139. The quantitative estimate of drug-likeness (QED) is 0.811. The Morgan fingerprint density at radius 3 is 2.50 bits per heavy atom. The summed E-state index contributed by atoms with van der Waals surface area (Å²) in [5.74, 6) is -1.78. The number of amides is 1. The average Bonchev–Trinajstić information content (AvgIpc) is 2.83. The maximum atomic E-state index is 12.0. The molecule has 1 aromatic carbocycles. The Hall–Kier alpha value is -1.98. The Kier molecular flexibility index (Phi) is 4.32. The van der Waals surface area contributed by atoms with Crippen LogP contribution in [0, 0.1) is 0 Å². The molecular weight excluding hydrogens is 303 g/mol. The van der Waals surface area contributed by atoms with Gasteiger partial charge in [-0.05, 0) is 12.1 Å². The molecular formula is C13H10Cl2N2O3. The van der Waals surface area contributed by atoms with Gasteiger partial charge in [-0.25, -0.2) is 4.79 Å². The lowest BCUT2D eigenvalue weighted by atomic mass is 10.1. The molecule has 20 heavy (non-hydrogen) atoms. The molecule has 0 spiro atoms. The van der Waals surface area contributed by atoms with E-state index < -0.39 is 17.9 Å². The number of halogens is 2. The largest absolute Gasteiger partial charge is 0.479 e. The fourth-order valence-corrected chi connectivity index (χ4v) is 2.10. The molecule has 2 rings (SSSR count). The Labute approximate surface area is 124 Å². The Morgan fingerprint density at radius 2 is 1.95 bits per heavy atom. The van der Waals surface area contributed by atoms with Crippen LogP contribution in [0.25, 0.3) is 0 Å².